The molecule has 1 aliphatic rings. The fourth-order valence-electron chi connectivity index (χ4n) is 2.06. The Balaban J connectivity index is 2.18. The molecule has 2 N–H and O–H groups in total. The number of nitrogens with one attached hydrogen (secondary N) is 2. The molecule has 98 valence electrons. The zero-order chi connectivity index (χ0) is 12.7. The molecule has 1 aliphatic heterocycles. The van der Waals surface area contributed by atoms with Gasteiger partial charge in [0.1, 0.15) is 0 Å². The fourth-order valence-corrected chi connectivity index (χ4v) is 2.06. The van der Waals surface area contributed by atoms with E-state index < -0.39 is 0 Å². The van der Waals surface area contributed by atoms with E-state index in [1.807, 2.05) is 13.8 Å². The number of hydrogen-bond acceptors (Lipinski definition) is 3. The van der Waals surface area contributed by atoms with Gasteiger partial charge in [0.2, 0.25) is 11.8 Å². The summed E-state index contributed by atoms with van der Waals surface area (Å²) in [6.45, 7) is 6.73. The van der Waals surface area contributed by atoms with Crippen molar-refractivity contribution in [3.05, 3.63) is 0 Å². The van der Waals surface area contributed by atoms with E-state index in [9.17, 15) is 9.59 Å². The van der Waals surface area contributed by atoms with Crippen LogP contribution in [0.15, 0.2) is 0 Å². The molecule has 2 amide bonds. The molecule has 0 aromatic rings. The van der Waals surface area contributed by atoms with Gasteiger partial charge in [0.15, 0.2) is 0 Å². The summed E-state index contributed by atoms with van der Waals surface area (Å²) in [7, 11) is 0. The largest absolute Gasteiger partial charge is 0.354 e. The Bertz CT molecular complexity index is 244. The zero-order valence-corrected chi connectivity index (χ0v) is 10.8. The van der Waals surface area contributed by atoms with Gasteiger partial charge >= 0.3 is 0 Å². The van der Waals surface area contributed by atoms with Gasteiger partial charge in [-0.25, -0.2) is 0 Å². The molecule has 0 radical (unpaired) electrons. The van der Waals surface area contributed by atoms with E-state index in [4.69, 9.17) is 0 Å². The first-order valence-corrected chi connectivity index (χ1v) is 6.47. The van der Waals surface area contributed by atoms with Crippen LogP contribution < -0.4 is 10.6 Å². The molecule has 1 fully saturated rings. The van der Waals surface area contributed by atoms with Crippen LogP contribution in [0.25, 0.3) is 0 Å². The van der Waals surface area contributed by atoms with Crippen LogP contribution >= 0.6 is 0 Å². The van der Waals surface area contributed by atoms with Crippen molar-refractivity contribution in [2.24, 2.45) is 0 Å². The van der Waals surface area contributed by atoms with Crippen molar-refractivity contribution in [3.63, 3.8) is 0 Å². The molecule has 1 rings (SSSR count). The molecule has 0 spiro atoms. The highest BCUT2D eigenvalue weighted by Crippen LogP contribution is 2.04. The number of hydrogen-bond donors (Lipinski definition) is 2. The van der Waals surface area contributed by atoms with E-state index in [0.717, 1.165) is 32.5 Å². The summed E-state index contributed by atoms with van der Waals surface area (Å²) in [4.78, 5) is 25.1. The third-order valence-electron chi connectivity index (χ3n) is 3.13. The topological polar surface area (TPSA) is 61.4 Å². The first-order valence-electron chi connectivity index (χ1n) is 6.47. The summed E-state index contributed by atoms with van der Waals surface area (Å²) >= 11 is 0. The Morgan fingerprint density at radius 1 is 1.35 bits per heavy atom. The molecule has 0 bridgehead atoms. The van der Waals surface area contributed by atoms with Gasteiger partial charge in [0.05, 0.1) is 6.04 Å². The van der Waals surface area contributed by atoms with Gasteiger partial charge in [-0.15, -0.1) is 0 Å². The SMILES string of the molecule is CCN(CC)C(=O)CCNC(=O)[C@@H]1CCCN1. The van der Waals surface area contributed by atoms with Crippen LogP contribution in [-0.4, -0.2) is 48.9 Å². The maximum atomic E-state index is 11.7. The molecule has 1 atom stereocenters. The lowest BCUT2D eigenvalue weighted by molar-refractivity contribution is -0.130. The third kappa shape index (κ3) is 4.34. The number of nitrogens with zero attached hydrogens (tertiary/aromatic N) is 1. The predicted octanol–water partition coefficient (Wildman–Crippen LogP) is 0.113. The molecule has 1 saturated heterocycles. The summed E-state index contributed by atoms with van der Waals surface area (Å²) in [6, 6.07) is -0.0569. The van der Waals surface area contributed by atoms with Gasteiger partial charge < -0.3 is 15.5 Å². The van der Waals surface area contributed by atoms with Gasteiger partial charge in [0.25, 0.3) is 0 Å². The van der Waals surface area contributed by atoms with Crippen molar-refractivity contribution in [1.82, 2.24) is 15.5 Å². The highest BCUT2D eigenvalue weighted by molar-refractivity contribution is 5.83. The van der Waals surface area contributed by atoms with E-state index in [0.29, 0.717) is 13.0 Å². The molecule has 5 heteroatoms. The summed E-state index contributed by atoms with van der Waals surface area (Å²) < 4.78 is 0. The summed E-state index contributed by atoms with van der Waals surface area (Å²) in [5.74, 6) is 0.129. The first-order chi connectivity index (χ1) is 8.19. The summed E-state index contributed by atoms with van der Waals surface area (Å²) in [6.07, 6.45) is 2.34. The second kappa shape index (κ2) is 7.27. The van der Waals surface area contributed by atoms with Gasteiger partial charge in [-0.05, 0) is 33.2 Å². The van der Waals surface area contributed by atoms with Crippen molar-refractivity contribution in [2.75, 3.05) is 26.2 Å². The lowest BCUT2D eigenvalue weighted by Gasteiger charge is -2.19. The molecule has 5 nitrogen and oxygen atoms in total. The van der Waals surface area contributed by atoms with Crippen LogP contribution in [-0.2, 0) is 9.59 Å². The van der Waals surface area contributed by atoms with Crippen LogP contribution in [0.5, 0.6) is 0 Å². The van der Waals surface area contributed by atoms with Crippen LogP contribution in [0, 0.1) is 0 Å². The fraction of sp³-hybridized carbons (Fsp3) is 0.833. The minimum atomic E-state index is -0.0569. The van der Waals surface area contributed by atoms with Crippen LogP contribution in [0.2, 0.25) is 0 Å². The van der Waals surface area contributed by atoms with Gasteiger partial charge in [-0.2, -0.15) is 0 Å². The van der Waals surface area contributed by atoms with Crippen LogP contribution in [0.1, 0.15) is 33.1 Å². The average molecular weight is 241 g/mol. The molecule has 0 aromatic carbocycles. The highest BCUT2D eigenvalue weighted by Gasteiger charge is 2.21. The number of carbonyl (C=O) groups is 2. The lowest BCUT2D eigenvalue weighted by atomic mass is 10.2. The monoisotopic (exact) mass is 241 g/mol. The van der Waals surface area contributed by atoms with Crippen molar-refractivity contribution >= 4 is 11.8 Å². The number of amides is 2. The standard InChI is InChI=1S/C12H23N3O2/c1-3-15(4-2)11(16)7-9-14-12(17)10-6-5-8-13-10/h10,13H,3-9H2,1-2H3,(H,14,17)/t10-/m0/s1. The molecule has 1 heterocycles. The number of carbonyl (C=O) groups excluding carboxylic acids is 2. The summed E-state index contributed by atoms with van der Waals surface area (Å²) in [5.41, 5.74) is 0. The van der Waals surface area contributed by atoms with E-state index in [-0.39, 0.29) is 17.9 Å². The van der Waals surface area contributed by atoms with E-state index in [2.05, 4.69) is 10.6 Å². The Morgan fingerprint density at radius 2 is 2.06 bits per heavy atom. The van der Waals surface area contributed by atoms with Gasteiger partial charge in [0, 0.05) is 26.1 Å². The minimum absolute atomic E-state index is 0.0230. The highest BCUT2D eigenvalue weighted by atomic mass is 16.2. The second-order valence-corrected chi connectivity index (χ2v) is 4.26. The van der Waals surface area contributed by atoms with E-state index in [1.54, 1.807) is 4.90 Å². The average Bonchev–Trinajstić information content (AvgIpc) is 2.84. The molecule has 0 aromatic heterocycles. The van der Waals surface area contributed by atoms with Gasteiger partial charge in [-0.3, -0.25) is 9.59 Å². The van der Waals surface area contributed by atoms with Crippen molar-refractivity contribution in [3.8, 4) is 0 Å². The van der Waals surface area contributed by atoms with Crippen molar-refractivity contribution < 1.29 is 9.59 Å². The van der Waals surface area contributed by atoms with Crippen LogP contribution in [0.4, 0.5) is 0 Å². The third-order valence-corrected chi connectivity index (χ3v) is 3.13. The number of rotatable bonds is 6. The van der Waals surface area contributed by atoms with Crippen molar-refractivity contribution in [2.45, 2.75) is 39.2 Å². The Kier molecular flexibility index (Phi) is 5.97. The predicted molar refractivity (Wildman–Crippen MR) is 66.6 cm³/mol. The van der Waals surface area contributed by atoms with Crippen LogP contribution in [0.3, 0.4) is 0 Å². The van der Waals surface area contributed by atoms with Crippen molar-refractivity contribution in [1.29, 1.82) is 0 Å². The summed E-state index contributed by atoms with van der Waals surface area (Å²) in [5, 5.41) is 5.94. The molecule has 0 unspecified atom stereocenters. The normalized spacial score (nSPS) is 19.1. The molecular weight excluding hydrogens is 218 g/mol. The Hall–Kier alpha value is -1.10. The van der Waals surface area contributed by atoms with Gasteiger partial charge in [-0.1, -0.05) is 0 Å². The molecule has 0 aliphatic carbocycles. The smallest absolute Gasteiger partial charge is 0.237 e. The lowest BCUT2D eigenvalue weighted by Crippen LogP contribution is -2.42. The zero-order valence-electron chi connectivity index (χ0n) is 10.8. The minimum Gasteiger partial charge on any atom is -0.354 e. The maximum absolute atomic E-state index is 11.7. The maximum Gasteiger partial charge on any atom is 0.237 e. The molecule has 17 heavy (non-hydrogen) atoms. The molecule has 0 saturated carbocycles. The first kappa shape index (κ1) is 14.0. The Morgan fingerprint density at radius 3 is 2.59 bits per heavy atom. The Labute approximate surface area is 103 Å². The molecular formula is C12H23N3O2. The van der Waals surface area contributed by atoms with E-state index >= 15 is 0 Å². The van der Waals surface area contributed by atoms with E-state index in [1.165, 1.54) is 0 Å². The second-order valence-electron chi connectivity index (χ2n) is 4.26. The quantitative estimate of drug-likeness (QED) is 0.694.